The van der Waals surface area contributed by atoms with E-state index in [1.807, 2.05) is 18.2 Å². The molecule has 1 aromatic rings. The molecule has 0 radical (unpaired) electrons. The number of hydrogen-bond acceptors (Lipinski definition) is 4. The molecule has 0 atom stereocenters. The predicted molar refractivity (Wildman–Crippen MR) is 61.4 cm³/mol. The van der Waals surface area contributed by atoms with Gasteiger partial charge in [-0.2, -0.15) is 0 Å². The summed E-state index contributed by atoms with van der Waals surface area (Å²) in [4.78, 5) is 0. The third-order valence-electron chi connectivity index (χ3n) is 1.87. The van der Waals surface area contributed by atoms with E-state index in [-0.39, 0.29) is 0 Å². The molecule has 2 nitrogen and oxygen atoms in total. The van der Waals surface area contributed by atoms with Gasteiger partial charge in [-0.15, -0.1) is 0 Å². The van der Waals surface area contributed by atoms with Gasteiger partial charge in [-0.05, 0) is 24.5 Å². The van der Waals surface area contributed by atoms with Crippen LogP contribution >= 0.6 is 24.1 Å². The SMILES string of the molecule is C1COSC1.c1ccc2c(c1)CSO2. The smallest absolute Gasteiger partial charge is 0.141 e. The van der Waals surface area contributed by atoms with Crippen LogP contribution in [0.2, 0.25) is 0 Å². The van der Waals surface area contributed by atoms with Crippen molar-refractivity contribution < 1.29 is 8.37 Å². The van der Waals surface area contributed by atoms with E-state index in [1.54, 1.807) is 12.0 Å². The second kappa shape index (κ2) is 5.53. The Morgan fingerprint density at radius 2 is 2.07 bits per heavy atom. The zero-order chi connectivity index (χ0) is 9.64. The minimum absolute atomic E-state index is 0.963. The van der Waals surface area contributed by atoms with Gasteiger partial charge < -0.3 is 8.37 Å². The lowest BCUT2D eigenvalue weighted by atomic mass is 10.2. The van der Waals surface area contributed by atoms with Gasteiger partial charge in [-0.1, -0.05) is 18.2 Å². The molecule has 4 heteroatoms. The van der Waals surface area contributed by atoms with Crippen molar-refractivity contribution in [3.8, 4) is 5.75 Å². The molecule has 0 saturated carbocycles. The lowest BCUT2D eigenvalue weighted by Gasteiger charge is -1.91. The van der Waals surface area contributed by atoms with E-state index in [0.29, 0.717) is 0 Å². The van der Waals surface area contributed by atoms with Crippen molar-refractivity contribution in [3.05, 3.63) is 29.8 Å². The van der Waals surface area contributed by atoms with Crippen LogP contribution in [0.3, 0.4) is 0 Å². The Morgan fingerprint density at radius 3 is 2.71 bits per heavy atom. The van der Waals surface area contributed by atoms with Gasteiger partial charge in [-0.25, -0.2) is 0 Å². The van der Waals surface area contributed by atoms with Crippen LogP contribution in [0.25, 0.3) is 0 Å². The van der Waals surface area contributed by atoms with Crippen molar-refractivity contribution in [1.29, 1.82) is 0 Å². The van der Waals surface area contributed by atoms with E-state index < -0.39 is 0 Å². The Balaban J connectivity index is 0.000000128. The van der Waals surface area contributed by atoms with E-state index >= 15 is 0 Å². The van der Waals surface area contributed by atoms with Crippen LogP contribution in [0, 0.1) is 0 Å². The van der Waals surface area contributed by atoms with Crippen molar-refractivity contribution in [2.45, 2.75) is 12.2 Å². The van der Waals surface area contributed by atoms with Crippen molar-refractivity contribution >= 4 is 24.1 Å². The molecule has 76 valence electrons. The summed E-state index contributed by atoms with van der Waals surface area (Å²) < 4.78 is 10.1. The zero-order valence-electron chi connectivity index (χ0n) is 7.77. The van der Waals surface area contributed by atoms with Crippen LogP contribution in [-0.2, 0) is 9.94 Å². The van der Waals surface area contributed by atoms with E-state index in [0.717, 1.165) is 18.1 Å². The summed E-state index contributed by atoms with van der Waals surface area (Å²) in [5, 5.41) is 0. The Kier molecular flexibility index (Phi) is 4.03. The number of fused-ring (bicyclic) bond motifs is 1. The maximum absolute atomic E-state index is 5.22. The summed E-state index contributed by atoms with van der Waals surface area (Å²) in [5.74, 6) is 3.22. The molecule has 0 unspecified atom stereocenters. The topological polar surface area (TPSA) is 18.5 Å². The molecule has 0 N–H and O–H groups in total. The molecule has 3 rings (SSSR count). The van der Waals surface area contributed by atoms with Gasteiger partial charge in [-0.3, -0.25) is 0 Å². The Morgan fingerprint density at radius 1 is 1.14 bits per heavy atom. The summed E-state index contributed by atoms with van der Waals surface area (Å²) in [6.07, 6.45) is 1.24. The summed E-state index contributed by atoms with van der Waals surface area (Å²) in [7, 11) is 0. The van der Waals surface area contributed by atoms with Gasteiger partial charge in [0.1, 0.15) is 5.75 Å². The highest BCUT2D eigenvalue weighted by Gasteiger charge is 2.10. The largest absolute Gasteiger partial charge is 0.425 e. The minimum atomic E-state index is 0.963. The Hall–Kier alpha value is -0.320. The fourth-order valence-corrected chi connectivity index (χ4v) is 2.46. The molecule has 0 bridgehead atoms. The number of rotatable bonds is 0. The lowest BCUT2D eigenvalue weighted by Crippen LogP contribution is -1.71. The van der Waals surface area contributed by atoms with E-state index in [4.69, 9.17) is 8.37 Å². The van der Waals surface area contributed by atoms with Crippen molar-refractivity contribution in [1.82, 2.24) is 0 Å². The van der Waals surface area contributed by atoms with Gasteiger partial charge in [0.25, 0.3) is 0 Å². The summed E-state index contributed by atoms with van der Waals surface area (Å²) in [6.45, 7) is 0.963. The predicted octanol–water partition coefficient (Wildman–Crippen LogP) is 3.28. The van der Waals surface area contributed by atoms with Crippen LogP contribution in [0.15, 0.2) is 24.3 Å². The minimum Gasteiger partial charge on any atom is -0.425 e. The van der Waals surface area contributed by atoms with Gasteiger partial charge in [0.2, 0.25) is 0 Å². The molecule has 0 aliphatic carbocycles. The van der Waals surface area contributed by atoms with E-state index in [1.165, 1.54) is 29.8 Å². The monoisotopic (exact) mass is 228 g/mol. The zero-order valence-corrected chi connectivity index (χ0v) is 9.40. The van der Waals surface area contributed by atoms with Crippen LogP contribution in [0.5, 0.6) is 5.75 Å². The maximum Gasteiger partial charge on any atom is 0.141 e. The average molecular weight is 228 g/mol. The first-order valence-corrected chi connectivity index (χ1v) is 6.41. The maximum atomic E-state index is 5.22. The van der Waals surface area contributed by atoms with Gasteiger partial charge in [0.05, 0.1) is 24.4 Å². The van der Waals surface area contributed by atoms with Crippen LogP contribution in [0.1, 0.15) is 12.0 Å². The molecule has 1 fully saturated rings. The first-order valence-electron chi connectivity index (χ1n) is 4.58. The highest BCUT2D eigenvalue weighted by Crippen LogP contribution is 2.32. The Labute approximate surface area is 92.8 Å². The second-order valence-electron chi connectivity index (χ2n) is 2.95. The third kappa shape index (κ3) is 2.83. The average Bonchev–Trinajstić information content (AvgIpc) is 2.92. The molecule has 2 aliphatic heterocycles. The van der Waals surface area contributed by atoms with Gasteiger partial charge in [0, 0.05) is 11.3 Å². The van der Waals surface area contributed by atoms with Gasteiger partial charge >= 0.3 is 0 Å². The van der Waals surface area contributed by atoms with Crippen LogP contribution in [0.4, 0.5) is 0 Å². The third-order valence-corrected chi connectivity index (χ3v) is 3.39. The lowest BCUT2D eigenvalue weighted by molar-refractivity contribution is 0.404. The van der Waals surface area contributed by atoms with Gasteiger partial charge in [0.15, 0.2) is 0 Å². The first kappa shape index (κ1) is 10.2. The van der Waals surface area contributed by atoms with Crippen LogP contribution in [-0.4, -0.2) is 12.4 Å². The van der Waals surface area contributed by atoms with Crippen molar-refractivity contribution in [2.75, 3.05) is 12.4 Å². The molecule has 0 spiro atoms. The molecule has 1 aromatic carbocycles. The fourth-order valence-electron chi connectivity index (χ4n) is 1.16. The highest BCUT2D eigenvalue weighted by molar-refractivity contribution is 7.94. The fraction of sp³-hybridized carbons (Fsp3) is 0.400. The quantitative estimate of drug-likeness (QED) is 0.634. The molecule has 0 aromatic heterocycles. The molecule has 2 aliphatic rings. The molecule has 1 saturated heterocycles. The summed E-state index contributed by atoms with van der Waals surface area (Å²) >= 11 is 3.08. The first-order chi connectivity index (χ1) is 6.97. The van der Waals surface area contributed by atoms with Crippen molar-refractivity contribution in [3.63, 3.8) is 0 Å². The summed E-state index contributed by atoms with van der Waals surface area (Å²) in [5.41, 5.74) is 1.31. The molecular weight excluding hydrogens is 216 g/mol. The number of para-hydroxylation sites is 1. The highest BCUT2D eigenvalue weighted by atomic mass is 32.2. The number of benzene rings is 1. The number of hydrogen-bond donors (Lipinski definition) is 0. The van der Waals surface area contributed by atoms with Crippen LogP contribution < -0.4 is 4.18 Å². The molecule has 0 amide bonds. The molecular formula is C10H12O2S2. The second-order valence-corrected chi connectivity index (χ2v) is 4.52. The van der Waals surface area contributed by atoms with Crippen molar-refractivity contribution in [2.24, 2.45) is 0 Å². The normalized spacial score (nSPS) is 18.0. The molecule has 2 heterocycles. The summed E-state index contributed by atoms with van der Waals surface area (Å²) in [6, 6.07) is 8.11. The standard InChI is InChI=1S/C7H6OS.C3H6OS/c1-2-4-7-6(3-1)5-9-8-7;1-2-4-5-3-1/h1-4H,5H2;1-3H2. The van der Waals surface area contributed by atoms with E-state index in [9.17, 15) is 0 Å². The Bertz CT molecular complexity index is 257. The van der Waals surface area contributed by atoms with E-state index in [2.05, 4.69) is 6.07 Å². The molecule has 14 heavy (non-hydrogen) atoms.